The van der Waals surface area contributed by atoms with Gasteiger partial charge in [0.1, 0.15) is 10.8 Å². The number of rotatable bonds is 6. The van der Waals surface area contributed by atoms with Gasteiger partial charge in [-0.05, 0) is 13.8 Å². The lowest BCUT2D eigenvalue weighted by Crippen LogP contribution is -2.09. The molecule has 0 radical (unpaired) electrons. The Bertz CT molecular complexity index is 600. The first-order valence-electron chi connectivity index (χ1n) is 5.95. The molecule has 0 aliphatic carbocycles. The summed E-state index contributed by atoms with van der Waals surface area (Å²) < 4.78 is 5.44. The van der Waals surface area contributed by atoms with Crippen LogP contribution in [0.25, 0.3) is 0 Å². The third kappa shape index (κ3) is 3.89. The second-order valence-corrected chi connectivity index (χ2v) is 5.14. The molecular formula is C12H14N4O3S. The van der Waals surface area contributed by atoms with Crippen LogP contribution in [0.3, 0.4) is 0 Å². The lowest BCUT2D eigenvalue weighted by atomic mass is 10.5. The summed E-state index contributed by atoms with van der Waals surface area (Å²) in [5.41, 5.74) is 0.0507. The fraction of sp³-hybridized carbons (Fsp3) is 0.333. The summed E-state index contributed by atoms with van der Waals surface area (Å²) in [7, 11) is 0. The second kappa shape index (κ2) is 6.29. The number of hydrogen-bond acceptors (Lipinski definition) is 7. The third-order valence-corrected chi connectivity index (χ3v) is 3.01. The minimum Gasteiger partial charge on any atom is -0.476 e. The first-order valence-corrected chi connectivity index (χ1v) is 6.83. The predicted molar refractivity (Wildman–Crippen MR) is 74.2 cm³/mol. The molecule has 106 valence electrons. The highest BCUT2D eigenvalue weighted by Gasteiger charge is 2.08. The van der Waals surface area contributed by atoms with Gasteiger partial charge >= 0.3 is 5.97 Å². The van der Waals surface area contributed by atoms with Gasteiger partial charge in [0.15, 0.2) is 5.69 Å². The van der Waals surface area contributed by atoms with E-state index in [4.69, 9.17) is 9.84 Å². The Morgan fingerprint density at radius 3 is 2.90 bits per heavy atom. The van der Waals surface area contributed by atoms with Crippen LogP contribution in [0.2, 0.25) is 0 Å². The SMILES string of the molecule is CC(C)Oc1cncc(NCc2nc(C(=O)O)cs2)n1. The number of hydrogen-bond donors (Lipinski definition) is 2. The van der Waals surface area contributed by atoms with E-state index in [2.05, 4.69) is 20.3 Å². The molecule has 2 N–H and O–H groups in total. The topological polar surface area (TPSA) is 97.2 Å². The molecule has 7 nitrogen and oxygen atoms in total. The Morgan fingerprint density at radius 2 is 2.25 bits per heavy atom. The van der Waals surface area contributed by atoms with Crippen LogP contribution in [0.1, 0.15) is 29.3 Å². The highest BCUT2D eigenvalue weighted by atomic mass is 32.1. The average molecular weight is 294 g/mol. The Morgan fingerprint density at radius 1 is 1.45 bits per heavy atom. The summed E-state index contributed by atoms with van der Waals surface area (Å²) in [6.45, 7) is 4.20. The highest BCUT2D eigenvalue weighted by molar-refractivity contribution is 7.09. The fourth-order valence-electron chi connectivity index (χ4n) is 1.39. The highest BCUT2D eigenvalue weighted by Crippen LogP contribution is 2.14. The zero-order valence-electron chi connectivity index (χ0n) is 11.0. The molecule has 2 rings (SSSR count). The van der Waals surface area contributed by atoms with Crippen molar-refractivity contribution in [3.05, 3.63) is 28.5 Å². The third-order valence-electron chi connectivity index (χ3n) is 2.16. The number of nitrogens with one attached hydrogen (secondary N) is 1. The van der Waals surface area contributed by atoms with Gasteiger partial charge in [0.25, 0.3) is 0 Å². The standard InChI is InChI=1S/C12H14N4O3S/c1-7(2)19-10-4-13-3-9(16-10)14-5-11-15-8(6-20-11)12(17)18/h3-4,6-7H,5H2,1-2H3,(H,14,16)(H,17,18). The van der Waals surface area contributed by atoms with Gasteiger partial charge < -0.3 is 15.2 Å². The first kappa shape index (κ1) is 14.2. The van der Waals surface area contributed by atoms with Crippen molar-refractivity contribution in [1.82, 2.24) is 15.0 Å². The van der Waals surface area contributed by atoms with Crippen molar-refractivity contribution in [2.75, 3.05) is 5.32 Å². The smallest absolute Gasteiger partial charge is 0.355 e. The normalized spacial score (nSPS) is 10.6. The minimum absolute atomic E-state index is 0.0247. The molecule has 20 heavy (non-hydrogen) atoms. The van der Waals surface area contributed by atoms with Crippen molar-refractivity contribution in [1.29, 1.82) is 0 Å². The number of ether oxygens (including phenoxy) is 1. The van der Waals surface area contributed by atoms with E-state index in [1.165, 1.54) is 22.9 Å². The number of carboxylic acid groups (broad SMARTS) is 1. The van der Waals surface area contributed by atoms with Crippen LogP contribution in [0.15, 0.2) is 17.8 Å². The van der Waals surface area contributed by atoms with E-state index in [-0.39, 0.29) is 11.8 Å². The summed E-state index contributed by atoms with van der Waals surface area (Å²) in [4.78, 5) is 23.0. The van der Waals surface area contributed by atoms with Gasteiger partial charge in [-0.2, -0.15) is 4.98 Å². The number of anilines is 1. The minimum atomic E-state index is -1.03. The molecule has 8 heteroatoms. The second-order valence-electron chi connectivity index (χ2n) is 4.19. The van der Waals surface area contributed by atoms with Crippen LogP contribution in [-0.4, -0.2) is 32.1 Å². The zero-order valence-corrected chi connectivity index (χ0v) is 11.8. The molecule has 0 bridgehead atoms. The van der Waals surface area contributed by atoms with Crippen molar-refractivity contribution in [3.8, 4) is 5.88 Å². The molecule has 0 amide bonds. The van der Waals surface area contributed by atoms with Gasteiger partial charge in [-0.3, -0.25) is 4.98 Å². The van der Waals surface area contributed by atoms with Crippen molar-refractivity contribution in [2.45, 2.75) is 26.5 Å². The summed E-state index contributed by atoms with van der Waals surface area (Å²) in [6.07, 6.45) is 3.13. The molecule has 0 atom stereocenters. The van der Waals surface area contributed by atoms with E-state index in [0.717, 1.165) is 0 Å². The summed E-state index contributed by atoms with van der Waals surface area (Å²) in [5, 5.41) is 14.0. The molecule has 2 aromatic rings. The van der Waals surface area contributed by atoms with Crippen LogP contribution in [0.4, 0.5) is 5.82 Å². The van der Waals surface area contributed by atoms with Gasteiger partial charge in [0.2, 0.25) is 5.88 Å². The Hall–Kier alpha value is -2.22. The van der Waals surface area contributed by atoms with E-state index >= 15 is 0 Å². The number of aromatic carboxylic acids is 1. The van der Waals surface area contributed by atoms with Gasteiger partial charge in [0.05, 0.1) is 25.0 Å². The maximum absolute atomic E-state index is 10.7. The number of nitrogens with zero attached hydrogens (tertiary/aromatic N) is 3. The average Bonchev–Trinajstić information content (AvgIpc) is 2.85. The molecule has 2 heterocycles. The summed E-state index contributed by atoms with van der Waals surface area (Å²) in [5.74, 6) is -0.0368. The molecule has 0 unspecified atom stereocenters. The molecule has 0 saturated heterocycles. The quantitative estimate of drug-likeness (QED) is 0.841. The van der Waals surface area contributed by atoms with Gasteiger partial charge in [-0.15, -0.1) is 11.3 Å². The molecule has 0 fully saturated rings. The van der Waals surface area contributed by atoms with Crippen molar-refractivity contribution < 1.29 is 14.6 Å². The molecule has 0 aliphatic heterocycles. The van der Waals surface area contributed by atoms with Gasteiger partial charge in [-0.1, -0.05) is 0 Å². The van der Waals surface area contributed by atoms with E-state index in [9.17, 15) is 4.79 Å². The summed E-state index contributed by atoms with van der Waals surface area (Å²) >= 11 is 1.28. The van der Waals surface area contributed by atoms with Gasteiger partial charge in [-0.25, -0.2) is 9.78 Å². The zero-order chi connectivity index (χ0) is 14.5. The van der Waals surface area contributed by atoms with Crippen LogP contribution in [0.5, 0.6) is 5.88 Å². The van der Waals surface area contributed by atoms with Crippen molar-refractivity contribution in [2.24, 2.45) is 0 Å². The van der Waals surface area contributed by atoms with Crippen molar-refractivity contribution in [3.63, 3.8) is 0 Å². The number of carboxylic acids is 1. The van der Waals surface area contributed by atoms with Crippen LogP contribution in [-0.2, 0) is 6.54 Å². The Balaban J connectivity index is 1.97. The van der Waals surface area contributed by atoms with E-state index < -0.39 is 5.97 Å². The number of carbonyl (C=O) groups is 1. The van der Waals surface area contributed by atoms with E-state index in [1.54, 1.807) is 6.20 Å². The predicted octanol–water partition coefficient (Wildman–Crippen LogP) is 2.03. The fourth-order valence-corrected chi connectivity index (χ4v) is 2.10. The summed E-state index contributed by atoms with van der Waals surface area (Å²) in [6, 6.07) is 0. The lowest BCUT2D eigenvalue weighted by Gasteiger charge is -2.09. The lowest BCUT2D eigenvalue weighted by molar-refractivity contribution is 0.0691. The molecule has 0 aromatic carbocycles. The van der Waals surface area contributed by atoms with Crippen LogP contribution >= 0.6 is 11.3 Å². The van der Waals surface area contributed by atoms with Crippen molar-refractivity contribution >= 4 is 23.1 Å². The molecule has 2 aromatic heterocycles. The molecule has 0 spiro atoms. The first-order chi connectivity index (χ1) is 9.54. The largest absolute Gasteiger partial charge is 0.476 e. The van der Waals surface area contributed by atoms with Gasteiger partial charge in [0, 0.05) is 5.38 Å². The van der Waals surface area contributed by atoms with E-state index in [1.807, 2.05) is 13.8 Å². The van der Waals surface area contributed by atoms with Crippen LogP contribution < -0.4 is 10.1 Å². The monoisotopic (exact) mass is 294 g/mol. The number of thiazole rings is 1. The maximum Gasteiger partial charge on any atom is 0.355 e. The molecular weight excluding hydrogens is 280 g/mol. The van der Waals surface area contributed by atoms with E-state index in [0.29, 0.717) is 23.3 Å². The molecule has 0 aliphatic rings. The van der Waals surface area contributed by atoms with Crippen LogP contribution in [0, 0.1) is 0 Å². The Labute approximate surface area is 119 Å². The molecule has 0 saturated carbocycles. The maximum atomic E-state index is 10.7. The number of aromatic nitrogens is 3. The Kier molecular flexibility index (Phi) is 4.46.